The van der Waals surface area contributed by atoms with Gasteiger partial charge in [-0.25, -0.2) is 13.4 Å². The van der Waals surface area contributed by atoms with Crippen LogP contribution in [0.15, 0.2) is 30.3 Å². The molecule has 2 aromatic heterocycles. The van der Waals surface area contributed by atoms with Crippen molar-refractivity contribution < 1.29 is 13.2 Å². The summed E-state index contributed by atoms with van der Waals surface area (Å²) in [6.07, 6.45) is 1.28. The van der Waals surface area contributed by atoms with Gasteiger partial charge >= 0.3 is 0 Å². The number of hydrogen-bond acceptors (Lipinski definition) is 6. The highest BCUT2D eigenvalue weighted by Gasteiger charge is 2.34. The van der Waals surface area contributed by atoms with Gasteiger partial charge in [-0.15, -0.1) is 0 Å². The van der Waals surface area contributed by atoms with E-state index in [2.05, 4.69) is 15.0 Å². The van der Waals surface area contributed by atoms with E-state index in [-0.39, 0.29) is 5.25 Å². The molecule has 3 aromatic rings. The molecule has 1 aliphatic rings. The van der Waals surface area contributed by atoms with Gasteiger partial charge in [0.15, 0.2) is 15.5 Å². The molecule has 0 amide bonds. The quantitative estimate of drug-likeness (QED) is 0.734. The predicted molar refractivity (Wildman–Crippen MR) is 102 cm³/mol. The third kappa shape index (κ3) is 2.99. The van der Waals surface area contributed by atoms with Crippen LogP contribution in [0, 0.1) is 0 Å². The van der Waals surface area contributed by atoms with Gasteiger partial charge in [0.25, 0.3) is 6.01 Å². The molecule has 1 N–H and O–H groups in total. The van der Waals surface area contributed by atoms with E-state index in [1.165, 1.54) is 13.4 Å². The lowest BCUT2D eigenvalue weighted by Gasteiger charge is -2.39. The van der Waals surface area contributed by atoms with E-state index in [1.807, 2.05) is 29.2 Å². The molecule has 3 heterocycles. The molecule has 0 radical (unpaired) electrons. The van der Waals surface area contributed by atoms with E-state index in [0.717, 1.165) is 11.3 Å². The summed E-state index contributed by atoms with van der Waals surface area (Å²) >= 11 is 6.37. The number of rotatable bonds is 4. The highest BCUT2D eigenvalue weighted by Crippen LogP contribution is 2.32. The lowest BCUT2D eigenvalue weighted by molar-refractivity contribution is 0.386. The van der Waals surface area contributed by atoms with Crippen molar-refractivity contribution in [2.75, 3.05) is 31.4 Å². The first-order valence-corrected chi connectivity index (χ1v) is 10.3. The fourth-order valence-corrected chi connectivity index (χ4v) is 4.11. The number of benzene rings is 1. The maximum atomic E-state index is 11.5. The Hall–Kier alpha value is -2.32. The molecule has 0 saturated carbocycles. The molecular formula is C17H17ClN4O3S. The number of nitrogens with zero attached hydrogens (tertiary/aromatic N) is 3. The van der Waals surface area contributed by atoms with Gasteiger partial charge in [0.05, 0.1) is 28.6 Å². The maximum Gasteiger partial charge on any atom is 0.295 e. The maximum absolute atomic E-state index is 11.5. The number of aromatic amines is 1. The molecule has 0 atom stereocenters. The van der Waals surface area contributed by atoms with Crippen LogP contribution in [0.3, 0.4) is 0 Å². The first-order valence-electron chi connectivity index (χ1n) is 7.99. The average molecular weight is 393 g/mol. The monoisotopic (exact) mass is 392 g/mol. The Morgan fingerprint density at radius 2 is 1.92 bits per heavy atom. The highest BCUT2D eigenvalue weighted by atomic mass is 35.5. The zero-order valence-corrected chi connectivity index (χ0v) is 15.8. The zero-order valence-electron chi connectivity index (χ0n) is 14.2. The van der Waals surface area contributed by atoms with Gasteiger partial charge in [-0.1, -0.05) is 23.7 Å². The average Bonchev–Trinajstić information content (AvgIpc) is 2.94. The number of pyridine rings is 1. The Morgan fingerprint density at radius 1 is 1.23 bits per heavy atom. The minimum Gasteiger partial charge on any atom is -0.468 e. The highest BCUT2D eigenvalue weighted by molar-refractivity contribution is 7.91. The third-order valence-corrected chi connectivity index (χ3v) is 6.35. The molecule has 0 aliphatic carbocycles. The second-order valence-corrected chi connectivity index (χ2v) is 9.07. The smallest absolute Gasteiger partial charge is 0.295 e. The minimum atomic E-state index is -2.97. The van der Waals surface area contributed by atoms with Crippen LogP contribution in [0.4, 0.5) is 5.69 Å². The van der Waals surface area contributed by atoms with Gasteiger partial charge < -0.3 is 14.6 Å². The van der Waals surface area contributed by atoms with Gasteiger partial charge in [0.1, 0.15) is 0 Å². The van der Waals surface area contributed by atoms with E-state index in [4.69, 9.17) is 16.3 Å². The lowest BCUT2D eigenvalue weighted by atomic mass is 10.1. The summed E-state index contributed by atoms with van der Waals surface area (Å²) in [6.45, 7) is 1.05. The van der Waals surface area contributed by atoms with Crippen molar-refractivity contribution in [3.8, 4) is 17.3 Å². The first kappa shape index (κ1) is 17.1. The second-order valence-electron chi connectivity index (χ2n) is 6.34. The number of methoxy groups -OCH3 is 1. The summed E-state index contributed by atoms with van der Waals surface area (Å²) in [6, 6.07) is 9.89. The molecule has 0 unspecified atom stereocenters. The van der Waals surface area contributed by atoms with Crippen molar-refractivity contribution in [2.45, 2.75) is 5.25 Å². The first-order chi connectivity index (χ1) is 12.3. The summed E-state index contributed by atoms with van der Waals surface area (Å²) in [5, 5.41) is 0.230. The molecule has 136 valence electrons. The Morgan fingerprint density at radius 3 is 2.54 bits per heavy atom. The number of H-pyrrole nitrogens is 1. The predicted octanol–water partition coefficient (Wildman–Crippen LogP) is 2.52. The number of ether oxygens (including phenoxy) is 1. The van der Waals surface area contributed by atoms with Crippen molar-refractivity contribution in [2.24, 2.45) is 0 Å². The number of sulfone groups is 1. The van der Waals surface area contributed by atoms with Gasteiger partial charge in [-0.05, 0) is 18.2 Å². The van der Waals surface area contributed by atoms with Crippen molar-refractivity contribution in [1.82, 2.24) is 15.0 Å². The molecule has 1 saturated heterocycles. The summed E-state index contributed by atoms with van der Waals surface area (Å²) in [4.78, 5) is 13.8. The van der Waals surface area contributed by atoms with E-state index in [1.54, 1.807) is 6.07 Å². The van der Waals surface area contributed by atoms with E-state index in [0.29, 0.717) is 41.0 Å². The number of aromatic nitrogens is 3. The van der Waals surface area contributed by atoms with Gasteiger partial charge in [0.2, 0.25) is 0 Å². The number of halogens is 1. The summed E-state index contributed by atoms with van der Waals surface area (Å²) in [7, 11) is -1.44. The fraction of sp³-hybridized carbons (Fsp3) is 0.294. The molecule has 4 rings (SSSR count). The molecule has 9 heteroatoms. The molecular weight excluding hydrogens is 376 g/mol. The summed E-state index contributed by atoms with van der Waals surface area (Å²) in [5.41, 5.74) is 3.72. The van der Waals surface area contributed by atoms with Crippen molar-refractivity contribution >= 4 is 38.3 Å². The van der Waals surface area contributed by atoms with Crippen LogP contribution in [0.25, 0.3) is 22.4 Å². The Labute approximate surface area is 155 Å². The van der Waals surface area contributed by atoms with Crippen LogP contribution in [0.5, 0.6) is 6.01 Å². The van der Waals surface area contributed by atoms with Crippen LogP contribution in [-0.4, -0.2) is 55.1 Å². The topological polar surface area (TPSA) is 88.2 Å². The summed E-state index contributed by atoms with van der Waals surface area (Å²) in [5.74, 6) is 0. The van der Waals surface area contributed by atoms with Gasteiger partial charge in [-0.3, -0.25) is 0 Å². The van der Waals surface area contributed by atoms with Crippen molar-refractivity contribution in [1.29, 1.82) is 0 Å². The number of nitrogens with one attached hydrogen (secondary N) is 1. The molecule has 7 nitrogen and oxygen atoms in total. The molecule has 0 spiro atoms. The fourth-order valence-electron chi connectivity index (χ4n) is 2.94. The number of fused-ring (bicyclic) bond motifs is 1. The van der Waals surface area contributed by atoms with Crippen molar-refractivity contribution in [3.05, 3.63) is 35.4 Å². The summed E-state index contributed by atoms with van der Waals surface area (Å²) < 4.78 is 28.1. The number of imidazole rings is 1. The van der Waals surface area contributed by atoms with Crippen LogP contribution in [-0.2, 0) is 9.84 Å². The molecule has 1 fully saturated rings. The normalized spacial score (nSPS) is 15.3. The Bertz CT molecular complexity index is 1070. The van der Waals surface area contributed by atoms with Crippen LogP contribution in [0.2, 0.25) is 5.02 Å². The minimum absolute atomic E-state index is 0.282. The number of hydrogen-bond donors (Lipinski definition) is 1. The molecule has 1 aliphatic heterocycles. The van der Waals surface area contributed by atoms with Crippen LogP contribution in [0.1, 0.15) is 0 Å². The van der Waals surface area contributed by atoms with Gasteiger partial charge in [0, 0.05) is 30.6 Å². The molecule has 1 aromatic carbocycles. The SMILES string of the molecule is COc1nc2nc(-c3ccc(N4CC(S(C)(=O)=O)C4)cc3)c(Cl)cc2[nH]1. The van der Waals surface area contributed by atoms with Crippen molar-refractivity contribution in [3.63, 3.8) is 0 Å². The van der Waals surface area contributed by atoms with Gasteiger partial charge in [-0.2, -0.15) is 4.98 Å². The zero-order chi connectivity index (χ0) is 18.5. The standard InChI is InChI=1S/C17H17ClN4O3S/c1-25-17-19-14-7-13(18)15(20-16(14)21-17)10-3-5-11(6-4-10)22-8-12(9-22)26(2,23)24/h3-7,12H,8-9H2,1-2H3,(H,19,20,21). The van der Waals surface area contributed by atoms with E-state index in [9.17, 15) is 8.42 Å². The van der Waals surface area contributed by atoms with Crippen LogP contribution < -0.4 is 9.64 Å². The Balaban J connectivity index is 1.59. The number of anilines is 1. The van der Waals surface area contributed by atoms with Crippen LogP contribution >= 0.6 is 11.6 Å². The largest absolute Gasteiger partial charge is 0.468 e. The van der Waals surface area contributed by atoms with E-state index < -0.39 is 9.84 Å². The Kier molecular flexibility index (Phi) is 4.04. The second kappa shape index (κ2) is 6.14. The molecule has 26 heavy (non-hydrogen) atoms. The lowest BCUT2D eigenvalue weighted by Crippen LogP contribution is -2.54. The third-order valence-electron chi connectivity index (χ3n) is 4.56. The van der Waals surface area contributed by atoms with E-state index >= 15 is 0 Å². The molecule has 0 bridgehead atoms.